The lowest BCUT2D eigenvalue weighted by molar-refractivity contribution is -0.116. The summed E-state index contributed by atoms with van der Waals surface area (Å²) in [6.07, 6.45) is 2.47. The Bertz CT molecular complexity index is 438. The number of carbonyl (C=O) groups is 1. The van der Waals surface area contributed by atoms with Crippen LogP contribution in [0.25, 0.3) is 0 Å². The molecule has 16 heavy (non-hydrogen) atoms. The Balaban J connectivity index is 2.49. The van der Waals surface area contributed by atoms with Crippen molar-refractivity contribution in [2.45, 2.75) is 33.1 Å². The first-order valence-corrected chi connectivity index (χ1v) is 5.90. The van der Waals surface area contributed by atoms with Crippen LogP contribution >= 0.6 is 11.6 Å². The van der Waals surface area contributed by atoms with Crippen LogP contribution in [0.2, 0.25) is 5.02 Å². The van der Waals surface area contributed by atoms with E-state index in [0.717, 1.165) is 36.3 Å². The van der Waals surface area contributed by atoms with Crippen LogP contribution in [-0.4, -0.2) is 12.4 Å². The Morgan fingerprint density at radius 2 is 2.31 bits per heavy atom. The Hall–Kier alpha value is -1.02. The molecule has 0 amide bonds. The summed E-state index contributed by atoms with van der Waals surface area (Å²) in [5.41, 5.74) is 3.37. The van der Waals surface area contributed by atoms with Crippen LogP contribution in [0, 0.1) is 6.92 Å². The van der Waals surface area contributed by atoms with Crippen LogP contribution in [0.4, 0.5) is 0 Å². The highest BCUT2D eigenvalue weighted by atomic mass is 35.5. The molecule has 0 spiro atoms. The third kappa shape index (κ3) is 2.07. The predicted molar refractivity (Wildman–Crippen MR) is 64.4 cm³/mol. The summed E-state index contributed by atoms with van der Waals surface area (Å²) >= 11 is 6.17. The second kappa shape index (κ2) is 4.46. The number of halogens is 1. The molecule has 0 saturated heterocycles. The van der Waals surface area contributed by atoms with Gasteiger partial charge in [0, 0.05) is 6.42 Å². The summed E-state index contributed by atoms with van der Waals surface area (Å²) in [6, 6.07) is 1.86. The summed E-state index contributed by atoms with van der Waals surface area (Å²) < 4.78 is 5.58. The molecule has 0 unspecified atom stereocenters. The molecule has 0 fully saturated rings. The topological polar surface area (TPSA) is 26.3 Å². The van der Waals surface area contributed by atoms with Gasteiger partial charge >= 0.3 is 0 Å². The van der Waals surface area contributed by atoms with Crippen molar-refractivity contribution in [2.24, 2.45) is 0 Å². The minimum atomic E-state index is 0.163. The van der Waals surface area contributed by atoms with Gasteiger partial charge in [0.25, 0.3) is 0 Å². The fourth-order valence-electron chi connectivity index (χ4n) is 2.17. The number of fused-ring (bicyclic) bond motifs is 1. The Labute approximate surface area is 101 Å². The van der Waals surface area contributed by atoms with E-state index in [9.17, 15) is 4.79 Å². The fourth-order valence-corrected chi connectivity index (χ4v) is 2.47. The molecule has 0 aliphatic carbocycles. The third-order valence-electron chi connectivity index (χ3n) is 2.98. The lowest BCUT2D eigenvalue weighted by Crippen LogP contribution is -2.12. The second-order valence-electron chi connectivity index (χ2n) is 4.28. The molecule has 1 aliphatic heterocycles. The molecule has 86 valence electrons. The van der Waals surface area contributed by atoms with E-state index in [-0.39, 0.29) is 5.78 Å². The molecule has 0 atom stereocenters. The van der Waals surface area contributed by atoms with E-state index in [1.807, 2.05) is 13.0 Å². The standard InChI is InChI=1S/C13H15ClO2/c1-8(15)6-10-7-12(14)13-11(9(10)2)4-3-5-16-13/h7H,3-6H2,1-2H3. The molecule has 0 aromatic heterocycles. The van der Waals surface area contributed by atoms with Gasteiger partial charge in [-0.2, -0.15) is 0 Å². The van der Waals surface area contributed by atoms with Crippen molar-refractivity contribution in [1.82, 2.24) is 0 Å². The van der Waals surface area contributed by atoms with E-state index in [2.05, 4.69) is 0 Å². The van der Waals surface area contributed by atoms with E-state index >= 15 is 0 Å². The highest BCUT2D eigenvalue weighted by Crippen LogP contribution is 2.37. The van der Waals surface area contributed by atoms with Crippen molar-refractivity contribution in [3.05, 3.63) is 27.8 Å². The number of ketones is 1. The lowest BCUT2D eigenvalue weighted by Gasteiger charge is -2.22. The molecule has 0 bridgehead atoms. The minimum absolute atomic E-state index is 0.163. The number of hydrogen-bond donors (Lipinski definition) is 0. The van der Waals surface area contributed by atoms with Crippen molar-refractivity contribution in [3.8, 4) is 5.75 Å². The van der Waals surface area contributed by atoms with Gasteiger partial charge in [-0.1, -0.05) is 11.6 Å². The molecule has 3 heteroatoms. The van der Waals surface area contributed by atoms with Gasteiger partial charge in [-0.25, -0.2) is 0 Å². The summed E-state index contributed by atoms with van der Waals surface area (Å²) in [4.78, 5) is 11.2. The van der Waals surface area contributed by atoms with Crippen molar-refractivity contribution in [2.75, 3.05) is 6.61 Å². The van der Waals surface area contributed by atoms with Crippen molar-refractivity contribution < 1.29 is 9.53 Å². The summed E-state index contributed by atoms with van der Waals surface area (Å²) in [5.74, 6) is 0.980. The molecule has 1 aromatic rings. The van der Waals surface area contributed by atoms with Crippen LogP contribution in [0.1, 0.15) is 30.0 Å². The molecule has 2 nitrogen and oxygen atoms in total. The highest BCUT2D eigenvalue weighted by molar-refractivity contribution is 6.32. The zero-order chi connectivity index (χ0) is 11.7. The number of hydrogen-bond acceptors (Lipinski definition) is 2. The van der Waals surface area contributed by atoms with Crippen LogP contribution < -0.4 is 4.74 Å². The summed E-state index contributed by atoms with van der Waals surface area (Å²) in [6.45, 7) is 4.38. The van der Waals surface area contributed by atoms with Crippen LogP contribution in [0.3, 0.4) is 0 Å². The van der Waals surface area contributed by atoms with Crippen LogP contribution in [-0.2, 0) is 17.6 Å². The molecule has 0 N–H and O–H groups in total. The first kappa shape index (κ1) is 11.5. The van der Waals surface area contributed by atoms with E-state index in [4.69, 9.17) is 16.3 Å². The summed E-state index contributed by atoms with van der Waals surface area (Å²) in [7, 11) is 0. The van der Waals surface area contributed by atoms with Gasteiger partial charge in [0.2, 0.25) is 0 Å². The first-order valence-electron chi connectivity index (χ1n) is 5.52. The zero-order valence-electron chi connectivity index (χ0n) is 9.60. The highest BCUT2D eigenvalue weighted by Gasteiger charge is 2.19. The minimum Gasteiger partial charge on any atom is -0.492 e. The maximum atomic E-state index is 11.2. The number of carbonyl (C=O) groups excluding carboxylic acids is 1. The Morgan fingerprint density at radius 3 is 3.00 bits per heavy atom. The van der Waals surface area contributed by atoms with Gasteiger partial charge in [-0.3, -0.25) is 4.79 Å². The number of rotatable bonds is 2. The number of Topliss-reactive ketones (excluding diaryl/α,β-unsaturated/α-hetero) is 1. The maximum Gasteiger partial charge on any atom is 0.141 e. The van der Waals surface area contributed by atoms with Gasteiger partial charge in [-0.05, 0) is 49.4 Å². The molecular formula is C13H15ClO2. The molecule has 1 aromatic carbocycles. The van der Waals surface area contributed by atoms with Gasteiger partial charge in [-0.15, -0.1) is 0 Å². The predicted octanol–water partition coefficient (Wildman–Crippen LogP) is 3.10. The molecule has 1 aliphatic rings. The van der Waals surface area contributed by atoms with Crippen molar-refractivity contribution in [1.29, 1.82) is 0 Å². The first-order chi connectivity index (χ1) is 7.59. The normalized spacial score (nSPS) is 14.2. The number of ether oxygens (including phenoxy) is 1. The largest absolute Gasteiger partial charge is 0.492 e. The van der Waals surface area contributed by atoms with Crippen molar-refractivity contribution in [3.63, 3.8) is 0 Å². The average Bonchev–Trinajstić information content (AvgIpc) is 2.25. The smallest absolute Gasteiger partial charge is 0.141 e. The molecular weight excluding hydrogens is 224 g/mol. The van der Waals surface area contributed by atoms with Gasteiger partial charge in [0.15, 0.2) is 0 Å². The van der Waals surface area contributed by atoms with Crippen LogP contribution in [0.5, 0.6) is 5.75 Å². The average molecular weight is 239 g/mol. The molecule has 0 radical (unpaired) electrons. The summed E-state index contributed by atoms with van der Waals surface area (Å²) in [5, 5.41) is 0.636. The SMILES string of the molecule is CC(=O)Cc1cc(Cl)c2c(c1C)CCCO2. The molecule has 0 saturated carbocycles. The van der Waals surface area contributed by atoms with Gasteiger partial charge in [0.1, 0.15) is 11.5 Å². The molecule has 2 rings (SSSR count). The van der Waals surface area contributed by atoms with E-state index in [1.165, 1.54) is 5.56 Å². The molecule has 1 heterocycles. The quantitative estimate of drug-likeness (QED) is 0.792. The maximum absolute atomic E-state index is 11.2. The van der Waals surface area contributed by atoms with Crippen molar-refractivity contribution >= 4 is 17.4 Å². The van der Waals surface area contributed by atoms with E-state index in [0.29, 0.717) is 11.4 Å². The fraction of sp³-hybridized carbons (Fsp3) is 0.462. The van der Waals surface area contributed by atoms with E-state index in [1.54, 1.807) is 6.92 Å². The monoisotopic (exact) mass is 238 g/mol. The number of benzene rings is 1. The van der Waals surface area contributed by atoms with Gasteiger partial charge in [0.05, 0.1) is 11.6 Å². The van der Waals surface area contributed by atoms with E-state index < -0.39 is 0 Å². The van der Waals surface area contributed by atoms with Crippen LogP contribution in [0.15, 0.2) is 6.07 Å². The third-order valence-corrected chi connectivity index (χ3v) is 3.26. The lowest BCUT2D eigenvalue weighted by atomic mass is 9.94. The Morgan fingerprint density at radius 1 is 1.56 bits per heavy atom. The second-order valence-corrected chi connectivity index (χ2v) is 4.69. The van der Waals surface area contributed by atoms with Gasteiger partial charge < -0.3 is 4.74 Å². The Kier molecular flexibility index (Phi) is 3.20. The zero-order valence-corrected chi connectivity index (χ0v) is 10.4.